The summed E-state index contributed by atoms with van der Waals surface area (Å²) >= 11 is 0. The van der Waals surface area contributed by atoms with Gasteiger partial charge < -0.3 is 79.2 Å². The van der Waals surface area contributed by atoms with Gasteiger partial charge in [-0.05, 0) is 43.4 Å². The lowest BCUT2D eigenvalue weighted by molar-refractivity contribution is -0.148. The van der Waals surface area contributed by atoms with Crippen LogP contribution in [0.25, 0.3) is 0 Å². The minimum Gasteiger partial charge on any atom is -0.508 e. The standard InChI is InChI=1S/C40H63N11O14S2/c1-20(2)31(37(62)47-25(7-5-12-43-40(41)42)39(64)65-14-6-13-52)50-36(61)29-19-67-66-18-28(45-22(4)55)35(60)48-26(15-23-8-10-24(56)11-9-23)34(59)51-32(21(3)54)38(63)49-27(17-53)33(58)44-16-30(57)46-29/h8-11,20-21,25-29,31-32,52-54,56H,5-7,12-19H2,1-4H3,(H,44,58)(H,45,55)(H,46,57)(H,47,62)(H,48,60)(H,49,63)(H,50,61)(H,51,59)(H4,41,42,43)/t21-,25+,26+,27+,28+,29+,31+,32+/m1/s1. The number of carbonyl (C=O) groups excluding carboxylic acids is 9. The largest absolute Gasteiger partial charge is 0.508 e. The second kappa shape index (κ2) is 29.7. The predicted molar refractivity (Wildman–Crippen MR) is 245 cm³/mol. The van der Waals surface area contributed by atoms with Crippen molar-refractivity contribution in [3.05, 3.63) is 29.8 Å². The van der Waals surface area contributed by atoms with Gasteiger partial charge in [-0.1, -0.05) is 47.6 Å². The van der Waals surface area contributed by atoms with E-state index in [4.69, 9.17) is 21.3 Å². The Morgan fingerprint density at radius 3 is 2.12 bits per heavy atom. The van der Waals surface area contributed by atoms with Crippen molar-refractivity contribution in [3.8, 4) is 5.75 Å². The zero-order valence-corrected chi connectivity index (χ0v) is 39.2. The van der Waals surface area contributed by atoms with Gasteiger partial charge in [0.15, 0.2) is 5.96 Å². The van der Waals surface area contributed by atoms with Crippen LogP contribution in [0, 0.1) is 5.92 Å². The van der Waals surface area contributed by atoms with E-state index in [-0.39, 0.29) is 68.7 Å². The average molecular weight is 986 g/mol. The average Bonchev–Trinajstić information content (AvgIpc) is 3.26. The number of nitrogens with one attached hydrogen (secondary N) is 8. The Kier molecular flexibility index (Phi) is 25.4. The van der Waals surface area contributed by atoms with Gasteiger partial charge in [0.1, 0.15) is 48.0 Å². The first-order valence-electron chi connectivity index (χ1n) is 21.2. The number of guanidine groups is 1. The molecule has 8 amide bonds. The van der Waals surface area contributed by atoms with E-state index < -0.39 is 121 Å². The molecule has 25 nitrogen and oxygen atoms in total. The normalized spacial score (nSPS) is 21.6. The molecule has 0 saturated carbocycles. The second-order valence-corrected chi connectivity index (χ2v) is 18.1. The van der Waals surface area contributed by atoms with E-state index in [0.29, 0.717) is 5.56 Å². The molecule has 0 unspecified atom stereocenters. The second-order valence-electron chi connectivity index (χ2n) is 15.5. The Hall–Kier alpha value is -5.90. The number of carbonyl (C=O) groups is 9. The summed E-state index contributed by atoms with van der Waals surface area (Å²) in [6.45, 7) is 3.47. The summed E-state index contributed by atoms with van der Waals surface area (Å²) in [4.78, 5) is 124. The number of aromatic hydroxyl groups is 1. The maximum Gasteiger partial charge on any atom is 0.328 e. The maximum absolute atomic E-state index is 14.0. The minimum atomic E-state index is -1.75. The van der Waals surface area contributed by atoms with Crippen molar-refractivity contribution in [1.82, 2.24) is 42.5 Å². The highest BCUT2D eigenvalue weighted by Gasteiger charge is 2.35. The number of rotatable bonds is 18. The van der Waals surface area contributed by atoms with Gasteiger partial charge in [0, 0.05) is 44.4 Å². The molecule has 8 atom stereocenters. The van der Waals surface area contributed by atoms with Gasteiger partial charge in [-0.25, -0.2) is 4.79 Å². The molecule has 27 heteroatoms. The fraction of sp³-hybridized carbons (Fsp3) is 0.600. The van der Waals surface area contributed by atoms with E-state index in [1.54, 1.807) is 13.8 Å². The van der Waals surface area contributed by atoms with E-state index >= 15 is 0 Å². The highest BCUT2D eigenvalue weighted by atomic mass is 33.1. The van der Waals surface area contributed by atoms with E-state index in [0.717, 1.165) is 35.4 Å². The fourth-order valence-electron chi connectivity index (χ4n) is 5.98. The van der Waals surface area contributed by atoms with Crippen LogP contribution in [0.4, 0.5) is 0 Å². The molecule has 67 heavy (non-hydrogen) atoms. The summed E-state index contributed by atoms with van der Waals surface area (Å²) in [5, 5.41) is 58.9. The molecule has 1 aromatic rings. The van der Waals surface area contributed by atoms with Crippen molar-refractivity contribution in [2.75, 3.05) is 44.4 Å². The number of hydrogen-bond acceptors (Lipinski definition) is 17. The third kappa shape index (κ3) is 21.1. The van der Waals surface area contributed by atoms with Gasteiger partial charge in [0.2, 0.25) is 47.3 Å². The van der Waals surface area contributed by atoms with Gasteiger partial charge >= 0.3 is 5.97 Å². The quantitative estimate of drug-likeness (QED) is 0.0215. The van der Waals surface area contributed by atoms with Crippen molar-refractivity contribution >= 4 is 80.8 Å². The maximum atomic E-state index is 14.0. The summed E-state index contributed by atoms with van der Waals surface area (Å²) in [6, 6.07) is -4.53. The number of ether oxygens (including phenoxy) is 1. The third-order valence-corrected chi connectivity index (χ3v) is 12.0. The van der Waals surface area contributed by atoms with Gasteiger partial charge in [-0.15, -0.1) is 0 Å². The zero-order chi connectivity index (χ0) is 50.2. The highest BCUT2D eigenvalue weighted by Crippen LogP contribution is 2.24. The van der Waals surface area contributed by atoms with Crippen molar-refractivity contribution in [2.45, 2.75) is 102 Å². The van der Waals surface area contributed by atoms with Gasteiger partial charge in [-0.3, -0.25) is 43.3 Å². The number of nitrogens with two attached hydrogens (primary N) is 2. The Balaban J connectivity index is 2.48. The molecule has 1 aromatic carbocycles. The van der Waals surface area contributed by atoms with E-state index in [2.05, 4.69) is 47.5 Å². The molecule has 1 fully saturated rings. The Morgan fingerprint density at radius 1 is 0.866 bits per heavy atom. The number of aliphatic hydroxyl groups is 3. The predicted octanol–water partition coefficient (Wildman–Crippen LogP) is -5.13. The highest BCUT2D eigenvalue weighted by molar-refractivity contribution is 8.76. The molecule has 0 radical (unpaired) electrons. The first-order valence-corrected chi connectivity index (χ1v) is 23.7. The number of phenolic OH excluding ortho intramolecular Hbond substituents is 1. The summed E-state index contributed by atoms with van der Waals surface area (Å²) in [5.41, 5.74) is 11.2. The molecule has 0 aliphatic carbocycles. The molecule has 0 spiro atoms. The van der Waals surface area contributed by atoms with Crippen LogP contribution in [0.2, 0.25) is 0 Å². The molecule has 374 valence electrons. The molecule has 2 rings (SSSR count). The first kappa shape index (κ1) is 57.2. The third-order valence-electron chi connectivity index (χ3n) is 9.55. The van der Waals surface area contributed by atoms with E-state index in [9.17, 15) is 58.5 Å². The zero-order valence-electron chi connectivity index (χ0n) is 37.6. The van der Waals surface area contributed by atoms with Crippen LogP contribution in [0.15, 0.2) is 29.3 Å². The number of aliphatic hydroxyl groups excluding tert-OH is 3. The number of nitrogens with zero attached hydrogens (tertiary/aromatic N) is 1. The SMILES string of the molecule is CC(=O)N[C@H]1CSSC[C@@H](C(=O)N[C@H](C(=O)N[C@@H](CCCN=C(N)N)C(=O)OCCCO)C(C)C)NC(=O)CNC(=O)[C@H](CO)NC(=O)[C@H]([C@@H](C)O)NC(=O)[C@H](Cc2ccc(O)cc2)NC1=O. The summed E-state index contributed by atoms with van der Waals surface area (Å²) in [6.07, 6.45) is -1.38. The Morgan fingerprint density at radius 2 is 1.52 bits per heavy atom. The van der Waals surface area contributed by atoms with Gasteiger partial charge in [0.05, 0.1) is 25.9 Å². The molecular formula is C40H63N11O14S2. The fourth-order valence-corrected chi connectivity index (χ4v) is 8.31. The number of benzene rings is 1. The molecule has 1 aliphatic rings. The van der Waals surface area contributed by atoms with Crippen LogP contribution in [0.1, 0.15) is 52.5 Å². The number of hydrogen-bond donors (Lipinski definition) is 14. The molecule has 0 bridgehead atoms. The monoisotopic (exact) mass is 985 g/mol. The number of phenols is 1. The van der Waals surface area contributed by atoms with Crippen LogP contribution >= 0.6 is 21.6 Å². The lowest BCUT2D eigenvalue weighted by atomic mass is 10.0. The van der Waals surface area contributed by atoms with Crippen molar-refractivity contribution in [3.63, 3.8) is 0 Å². The van der Waals surface area contributed by atoms with Gasteiger partial charge in [0.25, 0.3) is 0 Å². The Labute approximate surface area is 394 Å². The number of esters is 1. The van der Waals surface area contributed by atoms with Crippen LogP contribution in [-0.4, -0.2) is 172 Å². The summed E-state index contributed by atoms with van der Waals surface area (Å²) in [5.74, 6) is -9.34. The number of aliphatic imine (C=N–C) groups is 1. The molecule has 16 N–H and O–H groups in total. The summed E-state index contributed by atoms with van der Waals surface area (Å²) < 4.78 is 5.20. The lowest BCUT2D eigenvalue weighted by Gasteiger charge is -2.28. The van der Waals surface area contributed by atoms with E-state index in [1.165, 1.54) is 24.3 Å². The Bertz CT molecular complexity index is 1890. The molecule has 1 aliphatic heterocycles. The van der Waals surface area contributed by atoms with E-state index in [1.807, 2.05) is 0 Å². The molecular weight excluding hydrogens is 923 g/mol. The molecule has 1 heterocycles. The molecule has 1 saturated heterocycles. The lowest BCUT2D eigenvalue weighted by Crippen LogP contribution is -2.62. The topological polar surface area (TPSA) is 404 Å². The van der Waals surface area contributed by atoms with Crippen molar-refractivity contribution in [2.24, 2.45) is 22.4 Å². The number of amides is 8. The van der Waals surface area contributed by atoms with Crippen LogP contribution < -0.4 is 54.0 Å². The van der Waals surface area contributed by atoms with Crippen molar-refractivity contribution < 1.29 is 68.3 Å². The van der Waals surface area contributed by atoms with Gasteiger partial charge in [-0.2, -0.15) is 0 Å². The van der Waals surface area contributed by atoms with Crippen molar-refractivity contribution in [1.29, 1.82) is 0 Å². The van der Waals surface area contributed by atoms with Crippen LogP contribution in [-0.2, 0) is 54.3 Å². The smallest absolute Gasteiger partial charge is 0.328 e. The molecule has 0 aromatic heterocycles. The van der Waals surface area contributed by atoms with Crippen LogP contribution in [0.5, 0.6) is 5.75 Å². The first-order chi connectivity index (χ1) is 31.7. The van der Waals surface area contributed by atoms with Crippen LogP contribution in [0.3, 0.4) is 0 Å². The minimum absolute atomic E-state index is 0.0310. The summed E-state index contributed by atoms with van der Waals surface area (Å²) in [7, 11) is 1.96.